The molecule has 1 aromatic rings. The molecule has 0 saturated carbocycles. The van der Waals surface area contributed by atoms with E-state index in [-0.39, 0.29) is 6.42 Å². The van der Waals surface area contributed by atoms with Crippen molar-refractivity contribution in [2.24, 2.45) is 5.73 Å². The molecule has 2 rings (SSSR count). The molecule has 17 heavy (non-hydrogen) atoms. The van der Waals surface area contributed by atoms with Gasteiger partial charge in [-0.15, -0.1) is 0 Å². The van der Waals surface area contributed by atoms with Crippen LogP contribution in [0.2, 0.25) is 0 Å². The van der Waals surface area contributed by atoms with Gasteiger partial charge in [0.25, 0.3) is 5.56 Å². The maximum atomic E-state index is 11.5. The lowest BCUT2D eigenvalue weighted by atomic mass is 10.1. The lowest BCUT2D eigenvalue weighted by Gasteiger charge is -2.17. The van der Waals surface area contributed by atoms with Gasteiger partial charge < -0.3 is 20.7 Å². The Balaban J connectivity index is 2.26. The highest BCUT2D eigenvalue weighted by Crippen LogP contribution is 2.28. The number of rotatable bonds is 2. The molecule has 1 saturated heterocycles. The topological polar surface area (TPSA) is 131 Å². The second-order valence-electron chi connectivity index (χ2n) is 3.87. The summed E-state index contributed by atoms with van der Waals surface area (Å²) in [5.41, 5.74) is 4.07. The first-order chi connectivity index (χ1) is 7.99. The molecule has 1 aliphatic rings. The number of H-pyrrole nitrogens is 1. The molecule has 1 aromatic heterocycles. The molecule has 1 fully saturated rings. The van der Waals surface area contributed by atoms with Crippen molar-refractivity contribution in [3.8, 4) is 0 Å². The lowest BCUT2D eigenvalue weighted by molar-refractivity contribution is -0.0809. The number of aromatic nitrogens is 2. The van der Waals surface area contributed by atoms with Gasteiger partial charge in [-0.2, -0.15) is 0 Å². The van der Waals surface area contributed by atoms with E-state index in [0.29, 0.717) is 0 Å². The first-order valence-electron chi connectivity index (χ1n) is 5.07. The molecule has 0 aromatic carbocycles. The van der Waals surface area contributed by atoms with Crippen molar-refractivity contribution in [3.63, 3.8) is 0 Å². The van der Waals surface area contributed by atoms with Gasteiger partial charge in [-0.05, 0) is 0 Å². The Morgan fingerprint density at radius 3 is 2.82 bits per heavy atom. The van der Waals surface area contributed by atoms with Gasteiger partial charge in [-0.25, -0.2) is 4.79 Å². The quantitative estimate of drug-likeness (QED) is 0.423. The number of aliphatic hydroxyl groups excluding tert-OH is 2. The van der Waals surface area contributed by atoms with Crippen LogP contribution in [0.1, 0.15) is 12.6 Å². The van der Waals surface area contributed by atoms with Crippen molar-refractivity contribution in [2.45, 2.75) is 31.1 Å². The number of aliphatic hydroxyl groups is 2. The van der Waals surface area contributed by atoms with Crippen LogP contribution in [0.15, 0.2) is 21.9 Å². The van der Waals surface area contributed by atoms with Gasteiger partial charge >= 0.3 is 5.69 Å². The lowest BCUT2D eigenvalue weighted by Crippen LogP contribution is -2.40. The van der Waals surface area contributed by atoms with Gasteiger partial charge in [-0.1, -0.05) is 0 Å². The van der Waals surface area contributed by atoms with Crippen LogP contribution in [0.3, 0.4) is 0 Å². The largest absolute Gasteiger partial charge is 0.390 e. The molecule has 2 heterocycles. The summed E-state index contributed by atoms with van der Waals surface area (Å²) >= 11 is 0. The minimum atomic E-state index is -1.33. The molecule has 0 aliphatic carbocycles. The summed E-state index contributed by atoms with van der Waals surface area (Å²) in [5, 5.41) is 18.7. The van der Waals surface area contributed by atoms with Gasteiger partial charge in [0, 0.05) is 18.7 Å². The molecule has 4 atom stereocenters. The highest BCUT2D eigenvalue weighted by molar-refractivity contribution is 4.89. The van der Waals surface area contributed by atoms with E-state index in [1.165, 1.54) is 12.3 Å². The van der Waals surface area contributed by atoms with Crippen molar-refractivity contribution in [2.75, 3.05) is 0 Å². The van der Waals surface area contributed by atoms with Gasteiger partial charge in [0.05, 0.1) is 6.10 Å². The molecule has 1 unspecified atom stereocenters. The fourth-order valence-electron chi connectivity index (χ4n) is 1.81. The number of nitrogens with two attached hydrogens (primary N) is 1. The number of hydrogen-bond acceptors (Lipinski definition) is 6. The third-order valence-electron chi connectivity index (χ3n) is 2.63. The van der Waals surface area contributed by atoms with Crippen LogP contribution in [-0.4, -0.2) is 38.2 Å². The molecule has 0 amide bonds. The van der Waals surface area contributed by atoms with Crippen LogP contribution < -0.4 is 17.0 Å². The van der Waals surface area contributed by atoms with Crippen LogP contribution in [0.25, 0.3) is 0 Å². The maximum absolute atomic E-state index is 11.5. The van der Waals surface area contributed by atoms with Crippen LogP contribution in [-0.2, 0) is 4.74 Å². The second-order valence-corrected chi connectivity index (χ2v) is 3.87. The minimum absolute atomic E-state index is 0.116. The van der Waals surface area contributed by atoms with E-state index >= 15 is 0 Å². The summed E-state index contributed by atoms with van der Waals surface area (Å²) in [4.78, 5) is 24.4. The summed E-state index contributed by atoms with van der Waals surface area (Å²) in [6, 6.07) is 1.17. The predicted octanol–water partition coefficient (Wildman–Crippen LogP) is -2.54. The molecule has 0 spiro atoms. The highest BCUT2D eigenvalue weighted by Gasteiger charge is 2.38. The first-order valence-corrected chi connectivity index (χ1v) is 5.07. The first kappa shape index (κ1) is 12.0. The van der Waals surface area contributed by atoms with Crippen LogP contribution in [0.5, 0.6) is 0 Å². The summed E-state index contributed by atoms with van der Waals surface area (Å²) in [6.45, 7) is 0. The fourth-order valence-corrected chi connectivity index (χ4v) is 1.81. The Morgan fingerprint density at radius 2 is 2.29 bits per heavy atom. The average Bonchev–Trinajstić information content (AvgIpc) is 2.60. The standard InChI is InChI=1S/C9H13N3O5/c10-8(15)7-4(13)3-6(17-7)12-2-1-5(14)11-9(12)16/h1-2,4,6-8,13,15H,3,10H2,(H,11,14,16)/t4-,6+,7-,8?/m0/s1. The van der Waals surface area contributed by atoms with E-state index in [9.17, 15) is 14.7 Å². The molecule has 5 N–H and O–H groups in total. The smallest absolute Gasteiger partial charge is 0.330 e. The number of aromatic amines is 1. The van der Waals surface area contributed by atoms with Crippen molar-refractivity contribution in [1.29, 1.82) is 0 Å². The Kier molecular flexibility index (Phi) is 3.11. The zero-order valence-corrected chi connectivity index (χ0v) is 8.81. The molecule has 8 heteroatoms. The molecular formula is C9H13N3O5. The van der Waals surface area contributed by atoms with E-state index in [0.717, 1.165) is 4.57 Å². The van der Waals surface area contributed by atoms with E-state index < -0.39 is 35.9 Å². The number of hydrogen-bond donors (Lipinski definition) is 4. The summed E-state index contributed by atoms with van der Waals surface area (Å²) in [6.07, 6.45) is -2.60. The highest BCUT2D eigenvalue weighted by atomic mass is 16.5. The van der Waals surface area contributed by atoms with E-state index in [2.05, 4.69) is 4.98 Å². The van der Waals surface area contributed by atoms with Gasteiger partial charge in [-0.3, -0.25) is 14.3 Å². The fraction of sp³-hybridized carbons (Fsp3) is 0.556. The second kappa shape index (κ2) is 4.41. The Labute approximate surface area is 95.3 Å². The van der Waals surface area contributed by atoms with Crippen molar-refractivity contribution in [3.05, 3.63) is 33.1 Å². The summed E-state index contributed by atoms with van der Waals surface area (Å²) in [5.74, 6) is 0. The van der Waals surface area contributed by atoms with Crippen LogP contribution in [0.4, 0.5) is 0 Å². The third kappa shape index (κ3) is 2.29. The summed E-state index contributed by atoms with van der Waals surface area (Å²) in [7, 11) is 0. The zero-order valence-electron chi connectivity index (χ0n) is 8.81. The zero-order chi connectivity index (χ0) is 12.6. The van der Waals surface area contributed by atoms with E-state index in [1.807, 2.05) is 0 Å². The Hall–Kier alpha value is -1.48. The molecular weight excluding hydrogens is 230 g/mol. The number of nitrogens with zero attached hydrogens (tertiary/aromatic N) is 1. The Morgan fingerprint density at radius 1 is 1.59 bits per heavy atom. The normalized spacial score (nSPS) is 30.4. The minimum Gasteiger partial charge on any atom is -0.390 e. The van der Waals surface area contributed by atoms with Crippen molar-refractivity contribution >= 4 is 0 Å². The van der Waals surface area contributed by atoms with E-state index in [4.69, 9.17) is 15.6 Å². The van der Waals surface area contributed by atoms with Crippen molar-refractivity contribution in [1.82, 2.24) is 9.55 Å². The molecule has 94 valence electrons. The SMILES string of the molecule is NC(O)[C@H]1O[C@@H](n2ccc(=O)[nH]c2=O)C[C@@H]1O. The average molecular weight is 243 g/mol. The van der Waals surface area contributed by atoms with Gasteiger partial charge in [0.1, 0.15) is 18.6 Å². The number of ether oxygens (including phenoxy) is 1. The summed E-state index contributed by atoms with van der Waals surface area (Å²) < 4.78 is 6.39. The number of nitrogens with one attached hydrogen (secondary N) is 1. The molecule has 1 aliphatic heterocycles. The predicted molar refractivity (Wildman–Crippen MR) is 56.1 cm³/mol. The molecule has 8 nitrogen and oxygen atoms in total. The van der Waals surface area contributed by atoms with Crippen molar-refractivity contribution < 1.29 is 14.9 Å². The van der Waals surface area contributed by atoms with Gasteiger partial charge in [0.15, 0.2) is 0 Å². The third-order valence-corrected chi connectivity index (χ3v) is 2.63. The van der Waals surface area contributed by atoms with Crippen LogP contribution >= 0.6 is 0 Å². The van der Waals surface area contributed by atoms with Gasteiger partial charge in [0.2, 0.25) is 0 Å². The Bertz CT molecular complexity index is 508. The van der Waals surface area contributed by atoms with Crippen LogP contribution in [0, 0.1) is 0 Å². The molecule has 0 radical (unpaired) electrons. The monoisotopic (exact) mass is 243 g/mol. The van der Waals surface area contributed by atoms with E-state index in [1.54, 1.807) is 0 Å². The maximum Gasteiger partial charge on any atom is 0.330 e. The molecule has 0 bridgehead atoms.